The predicted octanol–water partition coefficient (Wildman–Crippen LogP) is 1.49. The fraction of sp³-hybridized carbons (Fsp3) is 1.00. The summed E-state index contributed by atoms with van der Waals surface area (Å²) >= 11 is 0. The third-order valence-electron chi connectivity index (χ3n) is 3.58. The maximum Gasteiger partial charge on any atom is 0.0600 e. The van der Waals surface area contributed by atoms with Gasteiger partial charge in [-0.15, -0.1) is 0 Å². The van der Waals surface area contributed by atoms with E-state index in [4.69, 9.17) is 5.11 Å². The first-order chi connectivity index (χ1) is 7.43. The summed E-state index contributed by atoms with van der Waals surface area (Å²) in [5.74, 6) is 0.445. The van der Waals surface area contributed by atoms with Crippen LogP contribution in [0.1, 0.15) is 40.0 Å². The van der Waals surface area contributed by atoms with Gasteiger partial charge in [-0.1, -0.05) is 20.8 Å². The van der Waals surface area contributed by atoms with Crippen molar-refractivity contribution in [3.63, 3.8) is 0 Å². The largest absolute Gasteiger partial charge is 0.396 e. The van der Waals surface area contributed by atoms with Crippen LogP contribution in [0, 0.1) is 11.3 Å². The lowest BCUT2D eigenvalue weighted by atomic mass is 9.87. The van der Waals surface area contributed by atoms with Crippen molar-refractivity contribution in [1.29, 1.82) is 0 Å². The first kappa shape index (κ1) is 13.9. The average Bonchev–Trinajstić information content (AvgIpc) is 2.25. The zero-order valence-corrected chi connectivity index (χ0v) is 10.9. The standard InChI is InChI=1S/C13H27NO2/c1-13(2,3)12(16)6-8-14-7-4-5-11(9-14)10-15/h11-12,15-16H,4-10H2,1-3H3. The molecule has 16 heavy (non-hydrogen) atoms. The molecule has 1 aliphatic heterocycles. The third kappa shape index (κ3) is 4.40. The zero-order chi connectivity index (χ0) is 12.2. The Morgan fingerprint density at radius 1 is 1.38 bits per heavy atom. The van der Waals surface area contributed by atoms with Crippen molar-refractivity contribution in [2.45, 2.75) is 46.1 Å². The number of rotatable bonds is 4. The van der Waals surface area contributed by atoms with E-state index in [0.29, 0.717) is 12.5 Å². The van der Waals surface area contributed by atoms with Crippen molar-refractivity contribution in [2.75, 3.05) is 26.2 Å². The van der Waals surface area contributed by atoms with Crippen LogP contribution in [0.5, 0.6) is 0 Å². The van der Waals surface area contributed by atoms with Crippen molar-refractivity contribution in [2.24, 2.45) is 11.3 Å². The van der Waals surface area contributed by atoms with Gasteiger partial charge in [0.1, 0.15) is 0 Å². The fourth-order valence-electron chi connectivity index (χ4n) is 2.24. The molecule has 1 heterocycles. The Hall–Kier alpha value is -0.120. The highest BCUT2D eigenvalue weighted by Crippen LogP contribution is 2.23. The van der Waals surface area contributed by atoms with Crippen molar-refractivity contribution in [1.82, 2.24) is 4.90 Å². The molecular formula is C13H27NO2. The molecule has 1 aliphatic rings. The highest BCUT2D eigenvalue weighted by molar-refractivity contribution is 4.77. The van der Waals surface area contributed by atoms with Crippen molar-refractivity contribution in [3.8, 4) is 0 Å². The van der Waals surface area contributed by atoms with Gasteiger partial charge in [0.2, 0.25) is 0 Å². The van der Waals surface area contributed by atoms with E-state index >= 15 is 0 Å². The van der Waals surface area contributed by atoms with Gasteiger partial charge in [0.15, 0.2) is 0 Å². The Morgan fingerprint density at radius 3 is 2.62 bits per heavy atom. The lowest BCUT2D eigenvalue weighted by molar-refractivity contribution is 0.0373. The Bertz CT molecular complexity index is 201. The minimum absolute atomic E-state index is 0.0217. The van der Waals surface area contributed by atoms with Crippen LogP contribution in [0.2, 0.25) is 0 Å². The summed E-state index contributed by atoms with van der Waals surface area (Å²) < 4.78 is 0. The van der Waals surface area contributed by atoms with Crippen LogP contribution in [0.3, 0.4) is 0 Å². The molecule has 1 rings (SSSR count). The molecule has 3 nitrogen and oxygen atoms in total. The van der Waals surface area contributed by atoms with E-state index < -0.39 is 0 Å². The molecule has 3 heteroatoms. The van der Waals surface area contributed by atoms with Gasteiger partial charge >= 0.3 is 0 Å². The number of aliphatic hydroxyl groups is 2. The maximum absolute atomic E-state index is 9.96. The average molecular weight is 229 g/mol. The van der Waals surface area contributed by atoms with Gasteiger partial charge in [0, 0.05) is 19.7 Å². The number of aliphatic hydroxyl groups excluding tert-OH is 2. The molecule has 0 aromatic rings. The number of hydrogen-bond donors (Lipinski definition) is 2. The predicted molar refractivity (Wildman–Crippen MR) is 66.3 cm³/mol. The second kappa shape index (κ2) is 5.99. The summed E-state index contributed by atoms with van der Waals surface area (Å²) in [6.45, 7) is 9.59. The van der Waals surface area contributed by atoms with Gasteiger partial charge < -0.3 is 15.1 Å². The van der Waals surface area contributed by atoms with Crippen molar-refractivity contribution >= 4 is 0 Å². The van der Waals surface area contributed by atoms with E-state index in [2.05, 4.69) is 25.7 Å². The van der Waals surface area contributed by atoms with Crippen LogP contribution in [-0.4, -0.2) is 47.5 Å². The molecule has 0 aromatic carbocycles. The van der Waals surface area contributed by atoms with E-state index in [9.17, 15) is 5.11 Å². The smallest absolute Gasteiger partial charge is 0.0600 e. The Balaban J connectivity index is 2.27. The molecule has 0 aromatic heterocycles. The van der Waals surface area contributed by atoms with E-state index in [1.54, 1.807) is 0 Å². The topological polar surface area (TPSA) is 43.7 Å². The number of piperidine rings is 1. The van der Waals surface area contributed by atoms with Gasteiger partial charge in [0.25, 0.3) is 0 Å². The van der Waals surface area contributed by atoms with E-state index in [1.165, 1.54) is 6.42 Å². The summed E-state index contributed by atoms with van der Waals surface area (Å²) in [6, 6.07) is 0. The maximum atomic E-state index is 9.96. The van der Waals surface area contributed by atoms with Crippen molar-refractivity contribution in [3.05, 3.63) is 0 Å². The molecule has 96 valence electrons. The van der Waals surface area contributed by atoms with Crippen LogP contribution in [0.15, 0.2) is 0 Å². The van der Waals surface area contributed by atoms with Gasteiger partial charge in [-0.25, -0.2) is 0 Å². The molecule has 1 saturated heterocycles. The second-order valence-corrected chi connectivity index (χ2v) is 6.16. The highest BCUT2D eigenvalue weighted by atomic mass is 16.3. The number of likely N-dealkylation sites (tertiary alicyclic amines) is 1. The highest BCUT2D eigenvalue weighted by Gasteiger charge is 2.24. The summed E-state index contributed by atoms with van der Waals surface area (Å²) in [6.07, 6.45) is 2.93. The van der Waals surface area contributed by atoms with Crippen LogP contribution >= 0.6 is 0 Å². The molecule has 0 spiro atoms. The molecule has 0 bridgehead atoms. The lowest BCUT2D eigenvalue weighted by Gasteiger charge is -2.34. The minimum atomic E-state index is -0.234. The quantitative estimate of drug-likeness (QED) is 0.767. The van der Waals surface area contributed by atoms with Crippen LogP contribution in [0.4, 0.5) is 0 Å². The van der Waals surface area contributed by atoms with E-state index in [0.717, 1.165) is 32.5 Å². The first-order valence-electron chi connectivity index (χ1n) is 6.44. The summed E-state index contributed by atoms with van der Waals surface area (Å²) in [4.78, 5) is 2.37. The van der Waals surface area contributed by atoms with Crippen LogP contribution in [-0.2, 0) is 0 Å². The van der Waals surface area contributed by atoms with Gasteiger partial charge in [0.05, 0.1) is 6.10 Å². The van der Waals surface area contributed by atoms with Gasteiger partial charge in [-0.3, -0.25) is 0 Å². The second-order valence-electron chi connectivity index (χ2n) is 6.16. The summed E-state index contributed by atoms with van der Waals surface area (Å²) in [7, 11) is 0. The van der Waals surface area contributed by atoms with E-state index in [-0.39, 0.29) is 11.5 Å². The normalized spacial score (nSPS) is 25.7. The number of nitrogens with zero attached hydrogens (tertiary/aromatic N) is 1. The zero-order valence-electron chi connectivity index (χ0n) is 10.9. The van der Waals surface area contributed by atoms with Crippen LogP contribution in [0.25, 0.3) is 0 Å². The molecule has 2 unspecified atom stereocenters. The lowest BCUT2D eigenvalue weighted by Crippen LogP contribution is -2.39. The van der Waals surface area contributed by atoms with Crippen LogP contribution < -0.4 is 0 Å². The molecule has 0 amide bonds. The summed E-state index contributed by atoms with van der Waals surface area (Å²) in [5.41, 5.74) is -0.0217. The minimum Gasteiger partial charge on any atom is -0.396 e. The molecule has 2 atom stereocenters. The molecule has 0 aliphatic carbocycles. The Kier molecular flexibility index (Phi) is 5.22. The van der Waals surface area contributed by atoms with Crippen molar-refractivity contribution < 1.29 is 10.2 Å². The van der Waals surface area contributed by atoms with Gasteiger partial charge in [-0.05, 0) is 37.1 Å². The van der Waals surface area contributed by atoms with Gasteiger partial charge in [-0.2, -0.15) is 0 Å². The molecule has 0 radical (unpaired) electrons. The third-order valence-corrected chi connectivity index (χ3v) is 3.58. The Labute approximate surface area is 99.5 Å². The molecular weight excluding hydrogens is 202 g/mol. The van der Waals surface area contributed by atoms with E-state index in [1.807, 2.05) is 0 Å². The molecule has 2 N–H and O–H groups in total. The first-order valence-corrected chi connectivity index (χ1v) is 6.44. The summed E-state index contributed by atoms with van der Waals surface area (Å²) in [5, 5.41) is 19.1. The fourth-order valence-corrected chi connectivity index (χ4v) is 2.24. The monoisotopic (exact) mass is 229 g/mol. The molecule has 1 fully saturated rings. The molecule has 0 saturated carbocycles. The SMILES string of the molecule is CC(C)(C)C(O)CCN1CCCC(CO)C1. The number of hydrogen-bond acceptors (Lipinski definition) is 3. The Morgan fingerprint density at radius 2 is 2.06 bits per heavy atom.